The lowest BCUT2D eigenvalue weighted by molar-refractivity contribution is -0.113. The molecule has 0 heterocycles. The Morgan fingerprint density at radius 1 is 1.56 bits per heavy atom. The minimum atomic E-state index is -0.0740. The number of hydrogen-bond donors (Lipinski definition) is 2. The van der Waals surface area contributed by atoms with E-state index in [9.17, 15) is 4.79 Å². The number of anilines is 1. The lowest BCUT2D eigenvalue weighted by atomic mass is 10.1. The highest BCUT2D eigenvalue weighted by Crippen LogP contribution is 2.20. The van der Waals surface area contributed by atoms with Crippen LogP contribution in [0.25, 0.3) is 0 Å². The fourth-order valence-electron chi connectivity index (χ4n) is 1.26. The molecule has 0 bridgehead atoms. The minimum absolute atomic E-state index is 0.0156. The molecule has 0 saturated carbocycles. The van der Waals surface area contributed by atoms with Gasteiger partial charge in [-0.05, 0) is 24.5 Å². The smallest absolute Gasteiger partial charge is 0.234 e. The molecule has 0 atom stereocenters. The lowest BCUT2D eigenvalue weighted by Gasteiger charge is -2.07. The Labute approximate surface area is 116 Å². The van der Waals surface area contributed by atoms with Gasteiger partial charge in [0.15, 0.2) is 0 Å². The van der Waals surface area contributed by atoms with Crippen LogP contribution in [0.3, 0.4) is 0 Å². The molecule has 1 aromatic rings. The van der Waals surface area contributed by atoms with Gasteiger partial charge in [-0.1, -0.05) is 23.4 Å². The van der Waals surface area contributed by atoms with Crippen molar-refractivity contribution in [3.05, 3.63) is 28.8 Å². The average Bonchev–Trinajstić information content (AvgIpc) is 2.33. The Morgan fingerprint density at radius 3 is 3.00 bits per heavy atom. The van der Waals surface area contributed by atoms with Crippen LogP contribution in [0.5, 0.6) is 0 Å². The summed E-state index contributed by atoms with van der Waals surface area (Å²) in [6.45, 7) is 0.0156. The molecule has 5 heteroatoms. The molecule has 0 aliphatic rings. The van der Waals surface area contributed by atoms with E-state index >= 15 is 0 Å². The number of halogens is 1. The van der Waals surface area contributed by atoms with Crippen molar-refractivity contribution in [2.45, 2.75) is 6.42 Å². The van der Waals surface area contributed by atoms with Crippen LogP contribution in [0.4, 0.5) is 5.69 Å². The number of carbonyl (C=O) groups excluding carboxylic acids is 1. The molecule has 18 heavy (non-hydrogen) atoms. The summed E-state index contributed by atoms with van der Waals surface area (Å²) in [7, 11) is 0. The fraction of sp³-hybridized carbons (Fsp3) is 0.308. The molecule has 0 spiro atoms. The molecule has 0 unspecified atom stereocenters. The number of aliphatic hydroxyl groups is 1. The molecule has 0 fully saturated rings. The second kappa shape index (κ2) is 8.04. The van der Waals surface area contributed by atoms with Crippen LogP contribution in [0.15, 0.2) is 18.2 Å². The number of nitrogens with one attached hydrogen (secondary N) is 1. The van der Waals surface area contributed by atoms with Crippen LogP contribution in [0, 0.1) is 11.8 Å². The maximum absolute atomic E-state index is 11.5. The van der Waals surface area contributed by atoms with E-state index < -0.39 is 0 Å². The van der Waals surface area contributed by atoms with Gasteiger partial charge in [-0.3, -0.25) is 4.79 Å². The van der Waals surface area contributed by atoms with E-state index in [0.717, 1.165) is 0 Å². The van der Waals surface area contributed by atoms with Crippen LogP contribution in [-0.4, -0.2) is 29.6 Å². The van der Waals surface area contributed by atoms with E-state index in [0.29, 0.717) is 28.4 Å². The summed E-state index contributed by atoms with van der Waals surface area (Å²) in [5.41, 5.74) is 1.30. The highest BCUT2D eigenvalue weighted by molar-refractivity contribution is 7.99. The van der Waals surface area contributed by atoms with E-state index in [1.54, 1.807) is 18.2 Å². The molecule has 1 rings (SSSR count). The number of aliphatic hydroxyl groups excluding tert-OH is 1. The van der Waals surface area contributed by atoms with Crippen molar-refractivity contribution in [2.24, 2.45) is 0 Å². The Kier molecular flexibility index (Phi) is 6.66. The molecule has 0 radical (unpaired) electrons. The first kappa shape index (κ1) is 14.9. The fourth-order valence-corrected chi connectivity index (χ4v) is 1.77. The first-order valence-electron chi connectivity index (χ1n) is 5.35. The van der Waals surface area contributed by atoms with Crippen molar-refractivity contribution in [1.29, 1.82) is 0 Å². The van der Waals surface area contributed by atoms with Crippen molar-refractivity contribution in [3.8, 4) is 11.8 Å². The maximum Gasteiger partial charge on any atom is 0.234 e. The quantitative estimate of drug-likeness (QED) is 0.834. The van der Waals surface area contributed by atoms with Gasteiger partial charge < -0.3 is 10.4 Å². The normalized spacial score (nSPS) is 9.50. The van der Waals surface area contributed by atoms with Crippen molar-refractivity contribution in [3.63, 3.8) is 0 Å². The zero-order chi connectivity index (χ0) is 13.4. The molecule has 0 saturated heterocycles. The SMILES string of the molecule is CSCC(=O)Nc1ccc(Cl)cc1C#CCCO. The highest BCUT2D eigenvalue weighted by atomic mass is 35.5. The van der Waals surface area contributed by atoms with Gasteiger partial charge in [0.25, 0.3) is 0 Å². The zero-order valence-corrected chi connectivity index (χ0v) is 11.6. The predicted molar refractivity (Wildman–Crippen MR) is 77.0 cm³/mol. The van der Waals surface area contributed by atoms with E-state index in [2.05, 4.69) is 17.2 Å². The summed E-state index contributed by atoms with van der Waals surface area (Å²) in [6, 6.07) is 5.12. The summed E-state index contributed by atoms with van der Waals surface area (Å²) in [5.74, 6) is 6.02. The standard InChI is InChI=1S/C13H14ClNO2S/c1-18-9-13(17)15-12-6-5-11(14)8-10(12)4-2-3-7-16/h5-6,8,16H,3,7,9H2,1H3,(H,15,17). The molecule has 0 aliphatic heterocycles. The van der Waals surface area contributed by atoms with Gasteiger partial charge in [0.1, 0.15) is 0 Å². The number of carbonyl (C=O) groups is 1. The Balaban J connectivity index is 2.90. The van der Waals surface area contributed by atoms with Crippen LogP contribution in [0.2, 0.25) is 5.02 Å². The van der Waals surface area contributed by atoms with Gasteiger partial charge in [-0.2, -0.15) is 11.8 Å². The minimum Gasteiger partial charge on any atom is -0.395 e. The second-order valence-corrected chi connectivity index (χ2v) is 4.75. The first-order chi connectivity index (χ1) is 8.67. The van der Waals surface area contributed by atoms with E-state index in [-0.39, 0.29) is 12.5 Å². The Hall–Kier alpha value is -1.15. The maximum atomic E-state index is 11.5. The number of hydrogen-bond acceptors (Lipinski definition) is 3. The number of rotatable bonds is 4. The molecular formula is C13H14ClNO2S. The van der Waals surface area contributed by atoms with E-state index in [1.807, 2.05) is 6.26 Å². The van der Waals surface area contributed by atoms with Gasteiger partial charge in [0.05, 0.1) is 18.0 Å². The Bertz CT molecular complexity index is 480. The van der Waals surface area contributed by atoms with E-state index in [1.165, 1.54) is 11.8 Å². The van der Waals surface area contributed by atoms with Gasteiger partial charge in [0, 0.05) is 17.0 Å². The van der Waals surface area contributed by atoms with Crippen LogP contribution < -0.4 is 5.32 Å². The molecule has 0 aliphatic carbocycles. The summed E-state index contributed by atoms with van der Waals surface area (Å²) in [4.78, 5) is 11.5. The van der Waals surface area contributed by atoms with Crippen molar-refractivity contribution in [1.82, 2.24) is 0 Å². The average molecular weight is 284 g/mol. The van der Waals surface area contributed by atoms with Crippen LogP contribution in [-0.2, 0) is 4.79 Å². The van der Waals surface area contributed by atoms with Gasteiger partial charge in [-0.25, -0.2) is 0 Å². The topological polar surface area (TPSA) is 49.3 Å². The summed E-state index contributed by atoms with van der Waals surface area (Å²) in [6.07, 6.45) is 2.26. The first-order valence-corrected chi connectivity index (χ1v) is 7.12. The third-order valence-corrected chi connectivity index (χ3v) is 2.78. The number of benzene rings is 1. The molecular weight excluding hydrogens is 270 g/mol. The van der Waals surface area contributed by atoms with E-state index in [4.69, 9.17) is 16.7 Å². The number of thioether (sulfide) groups is 1. The summed E-state index contributed by atoms with van der Waals surface area (Å²) >= 11 is 7.35. The number of amides is 1. The molecule has 1 amide bonds. The van der Waals surface area contributed by atoms with Gasteiger partial charge in [-0.15, -0.1) is 0 Å². The zero-order valence-electron chi connectivity index (χ0n) is 10.00. The molecule has 0 aromatic heterocycles. The van der Waals surface area contributed by atoms with Crippen LogP contribution in [0.1, 0.15) is 12.0 Å². The monoisotopic (exact) mass is 283 g/mol. The molecule has 3 nitrogen and oxygen atoms in total. The van der Waals surface area contributed by atoms with Crippen LogP contribution >= 0.6 is 23.4 Å². The highest BCUT2D eigenvalue weighted by Gasteiger charge is 2.05. The summed E-state index contributed by atoms with van der Waals surface area (Å²) in [5, 5.41) is 12.0. The largest absolute Gasteiger partial charge is 0.395 e. The second-order valence-electron chi connectivity index (χ2n) is 3.45. The Morgan fingerprint density at radius 2 is 2.33 bits per heavy atom. The van der Waals surface area contributed by atoms with Crippen molar-refractivity contribution >= 4 is 35.0 Å². The van der Waals surface area contributed by atoms with Gasteiger partial charge in [0.2, 0.25) is 5.91 Å². The molecule has 2 N–H and O–H groups in total. The van der Waals surface area contributed by atoms with Gasteiger partial charge >= 0.3 is 0 Å². The predicted octanol–water partition coefficient (Wildman–Crippen LogP) is 2.38. The third-order valence-electron chi connectivity index (χ3n) is 1.99. The molecule has 1 aromatic carbocycles. The molecule has 96 valence electrons. The van der Waals surface area contributed by atoms with Crippen molar-refractivity contribution in [2.75, 3.05) is 23.9 Å². The lowest BCUT2D eigenvalue weighted by Crippen LogP contribution is -2.14. The summed E-state index contributed by atoms with van der Waals surface area (Å²) < 4.78 is 0. The third kappa shape index (κ3) is 5.01. The van der Waals surface area contributed by atoms with Crippen molar-refractivity contribution < 1.29 is 9.90 Å².